The quantitative estimate of drug-likeness (QED) is 0.585. The third-order valence-corrected chi connectivity index (χ3v) is 5.57. The van der Waals surface area contributed by atoms with Crippen LogP contribution in [0.1, 0.15) is 11.3 Å². The number of hydrogen-bond acceptors (Lipinski definition) is 4. The molecule has 0 saturated carbocycles. The van der Waals surface area contributed by atoms with Crippen molar-refractivity contribution in [2.75, 3.05) is 4.72 Å². The number of fused-ring (bicyclic) bond motifs is 1. The second-order valence-electron chi connectivity index (χ2n) is 6.36. The van der Waals surface area contributed by atoms with Crippen molar-refractivity contribution in [1.29, 1.82) is 0 Å². The zero-order valence-electron chi connectivity index (χ0n) is 14.9. The lowest BCUT2D eigenvalue weighted by atomic mass is 10.2. The Morgan fingerprint density at radius 3 is 2.44 bits per heavy atom. The van der Waals surface area contributed by atoms with E-state index in [0.717, 1.165) is 16.5 Å². The van der Waals surface area contributed by atoms with E-state index in [1.54, 1.807) is 37.3 Å². The van der Waals surface area contributed by atoms with Crippen LogP contribution in [0.25, 0.3) is 16.7 Å². The fourth-order valence-corrected chi connectivity index (χ4v) is 3.87. The summed E-state index contributed by atoms with van der Waals surface area (Å²) in [5.41, 5.74) is 2.50. The molecule has 1 N–H and O–H groups in total. The van der Waals surface area contributed by atoms with Gasteiger partial charge in [-0.15, -0.1) is 0 Å². The molecule has 0 unspecified atom stereocenters. The molecule has 4 rings (SSSR count). The van der Waals surface area contributed by atoms with Crippen molar-refractivity contribution in [3.63, 3.8) is 0 Å². The van der Waals surface area contributed by atoms with E-state index in [1.807, 2.05) is 43.3 Å². The maximum Gasteiger partial charge on any atom is 0.263 e. The first-order chi connectivity index (χ1) is 12.9. The number of anilines is 1. The lowest BCUT2D eigenvalue weighted by Gasteiger charge is -2.11. The Bertz CT molecular complexity index is 1230. The average molecular weight is 378 g/mol. The number of pyridine rings is 1. The molecule has 0 aliphatic heterocycles. The molecule has 0 radical (unpaired) electrons. The topological polar surface area (TPSA) is 76.9 Å². The molecule has 0 spiro atoms. The molecule has 0 amide bonds. The summed E-state index contributed by atoms with van der Waals surface area (Å²) >= 11 is 0. The normalized spacial score (nSPS) is 11.6. The number of para-hydroxylation sites is 1. The Morgan fingerprint density at radius 2 is 1.67 bits per heavy atom. The largest absolute Gasteiger partial charge is 0.263 e. The van der Waals surface area contributed by atoms with Crippen LogP contribution in [0, 0.1) is 13.8 Å². The number of benzene rings is 2. The van der Waals surface area contributed by atoms with Crippen LogP contribution >= 0.6 is 0 Å². The monoisotopic (exact) mass is 378 g/mol. The lowest BCUT2D eigenvalue weighted by Crippen LogP contribution is -2.16. The number of nitrogens with zero attached hydrogens (tertiary/aromatic N) is 3. The molecular formula is C20H18N4O2S. The number of aryl methyl sites for hydroxylation is 2. The Balaban J connectivity index is 1.75. The molecule has 2 heterocycles. The standard InChI is InChI=1S/C20H18N4O2S/c1-14-7-10-17(11-8-14)27(25,26)23-20-13-15(2)22-24(20)19-12-9-16-5-3-4-6-18(16)21-19/h3-13,23H,1-2H3. The fourth-order valence-electron chi connectivity index (χ4n) is 2.83. The third-order valence-electron chi connectivity index (χ3n) is 4.20. The summed E-state index contributed by atoms with van der Waals surface area (Å²) in [6.07, 6.45) is 0. The molecule has 0 saturated heterocycles. The summed E-state index contributed by atoms with van der Waals surface area (Å²) in [5.74, 6) is 0.888. The van der Waals surface area contributed by atoms with Crippen LogP contribution in [0.15, 0.2) is 71.6 Å². The van der Waals surface area contributed by atoms with Crippen LogP contribution in [-0.2, 0) is 10.0 Å². The van der Waals surface area contributed by atoms with E-state index in [-0.39, 0.29) is 4.90 Å². The smallest absolute Gasteiger partial charge is 0.263 e. The van der Waals surface area contributed by atoms with E-state index in [9.17, 15) is 8.42 Å². The minimum atomic E-state index is -3.73. The van der Waals surface area contributed by atoms with Gasteiger partial charge in [0, 0.05) is 11.5 Å². The molecule has 0 fully saturated rings. The number of rotatable bonds is 4. The first-order valence-electron chi connectivity index (χ1n) is 8.45. The highest BCUT2D eigenvalue weighted by atomic mass is 32.2. The number of aromatic nitrogens is 3. The molecule has 0 bridgehead atoms. The highest BCUT2D eigenvalue weighted by molar-refractivity contribution is 7.92. The Morgan fingerprint density at radius 1 is 0.926 bits per heavy atom. The van der Waals surface area contributed by atoms with E-state index in [2.05, 4.69) is 14.8 Å². The summed E-state index contributed by atoms with van der Waals surface area (Å²) < 4.78 is 29.6. The molecule has 27 heavy (non-hydrogen) atoms. The van der Waals surface area contributed by atoms with E-state index >= 15 is 0 Å². The highest BCUT2D eigenvalue weighted by Crippen LogP contribution is 2.22. The summed E-state index contributed by atoms with van der Waals surface area (Å²) in [4.78, 5) is 4.80. The zero-order valence-corrected chi connectivity index (χ0v) is 15.7. The van der Waals surface area contributed by atoms with E-state index in [0.29, 0.717) is 17.3 Å². The SMILES string of the molecule is Cc1ccc(S(=O)(=O)Nc2cc(C)nn2-c2ccc3ccccc3n2)cc1. The summed E-state index contributed by atoms with van der Waals surface area (Å²) in [6, 6.07) is 19.9. The van der Waals surface area contributed by atoms with Gasteiger partial charge < -0.3 is 0 Å². The minimum Gasteiger partial charge on any atom is -0.263 e. The molecule has 136 valence electrons. The lowest BCUT2D eigenvalue weighted by molar-refractivity contribution is 0.600. The second-order valence-corrected chi connectivity index (χ2v) is 8.05. The van der Waals surface area contributed by atoms with Crippen molar-refractivity contribution in [3.05, 3.63) is 78.0 Å². The average Bonchev–Trinajstić information content (AvgIpc) is 3.01. The van der Waals surface area contributed by atoms with Crippen molar-refractivity contribution in [2.45, 2.75) is 18.7 Å². The van der Waals surface area contributed by atoms with Gasteiger partial charge in [-0.25, -0.2) is 13.4 Å². The van der Waals surface area contributed by atoms with Gasteiger partial charge in [-0.3, -0.25) is 4.72 Å². The molecule has 0 aliphatic carbocycles. The molecule has 6 nitrogen and oxygen atoms in total. The van der Waals surface area contributed by atoms with Gasteiger partial charge in [0.1, 0.15) is 5.82 Å². The predicted octanol–water partition coefficient (Wildman–Crippen LogP) is 3.84. The second kappa shape index (κ2) is 6.51. The van der Waals surface area contributed by atoms with Crippen LogP contribution in [0.2, 0.25) is 0 Å². The summed E-state index contributed by atoms with van der Waals surface area (Å²) in [5, 5.41) is 5.41. The van der Waals surface area contributed by atoms with Crippen LogP contribution in [-0.4, -0.2) is 23.2 Å². The molecule has 4 aromatic rings. The van der Waals surface area contributed by atoms with Gasteiger partial charge in [-0.2, -0.15) is 9.78 Å². The molecule has 7 heteroatoms. The number of nitrogens with one attached hydrogen (secondary N) is 1. The summed E-state index contributed by atoms with van der Waals surface area (Å²) in [7, 11) is -3.73. The maximum absolute atomic E-state index is 12.7. The Kier molecular flexibility index (Phi) is 4.16. The van der Waals surface area contributed by atoms with Crippen LogP contribution in [0.4, 0.5) is 5.82 Å². The third kappa shape index (κ3) is 3.41. The van der Waals surface area contributed by atoms with Crippen molar-refractivity contribution >= 4 is 26.7 Å². The van der Waals surface area contributed by atoms with Gasteiger partial charge in [0.15, 0.2) is 5.82 Å². The van der Waals surface area contributed by atoms with Gasteiger partial charge in [0.05, 0.1) is 16.1 Å². The molecule has 0 atom stereocenters. The van der Waals surface area contributed by atoms with Gasteiger partial charge in [-0.1, -0.05) is 35.9 Å². The van der Waals surface area contributed by atoms with E-state index < -0.39 is 10.0 Å². The Hall–Kier alpha value is -3.19. The molecular weight excluding hydrogens is 360 g/mol. The summed E-state index contributed by atoms with van der Waals surface area (Å²) in [6.45, 7) is 3.72. The Labute approximate surface area is 157 Å². The number of sulfonamides is 1. The first-order valence-corrected chi connectivity index (χ1v) is 9.93. The van der Waals surface area contributed by atoms with Crippen LogP contribution < -0.4 is 4.72 Å². The molecule has 2 aromatic heterocycles. The zero-order chi connectivity index (χ0) is 19.0. The van der Waals surface area contributed by atoms with Crippen molar-refractivity contribution in [3.8, 4) is 5.82 Å². The van der Waals surface area contributed by atoms with Crippen LogP contribution in [0.5, 0.6) is 0 Å². The van der Waals surface area contributed by atoms with E-state index in [1.165, 1.54) is 4.68 Å². The molecule has 0 aliphatic rings. The maximum atomic E-state index is 12.7. The predicted molar refractivity (Wildman–Crippen MR) is 106 cm³/mol. The minimum absolute atomic E-state index is 0.199. The van der Waals surface area contributed by atoms with E-state index in [4.69, 9.17) is 0 Å². The van der Waals surface area contributed by atoms with Crippen LogP contribution in [0.3, 0.4) is 0 Å². The highest BCUT2D eigenvalue weighted by Gasteiger charge is 2.18. The fraction of sp³-hybridized carbons (Fsp3) is 0.100. The van der Waals surface area contributed by atoms with Crippen molar-refractivity contribution in [1.82, 2.24) is 14.8 Å². The molecule has 2 aromatic carbocycles. The van der Waals surface area contributed by atoms with Gasteiger partial charge in [-0.05, 0) is 44.2 Å². The van der Waals surface area contributed by atoms with Crippen molar-refractivity contribution in [2.24, 2.45) is 0 Å². The van der Waals surface area contributed by atoms with Gasteiger partial charge in [0.25, 0.3) is 10.0 Å². The van der Waals surface area contributed by atoms with Crippen molar-refractivity contribution < 1.29 is 8.42 Å². The first kappa shape index (κ1) is 17.2. The van der Waals surface area contributed by atoms with Gasteiger partial charge >= 0.3 is 0 Å². The number of hydrogen-bond donors (Lipinski definition) is 1. The van der Waals surface area contributed by atoms with Gasteiger partial charge in [0.2, 0.25) is 0 Å².